The van der Waals surface area contributed by atoms with Gasteiger partial charge in [0.2, 0.25) is 5.91 Å². The number of hydrogen-bond acceptors (Lipinski definition) is 5. The van der Waals surface area contributed by atoms with E-state index in [0.717, 1.165) is 64.2 Å². The molecule has 3 N–H and O–H groups in total. The van der Waals surface area contributed by atoms with Crippen LogP contribution in [-0.2, 0) is 18.4 Å². The number of aliphatic hydroxyl groups excluding tert-OH is 1. The van der Waals surface area contributed by atoms with Crippen LogP contribution in [0.4, 0.5) is 0 Å². The average molecular weight is 1060 g/mol. The fraction of sp³-hybridized carbons (Fsp3) is 0.892. The number of carbonyl (C=O) groups is 1. The number of hydrogen-bond donors (Lipinski definition) is 3. The first-order valence-corrected chi connectivity index (χ1v) is 33.8. The van der Waals surface area contributed by atoms with Crippen molar-refractivity contribution in [1.82, 2.24) is 5.32 Å². The van der Waals surface area contributed by atoms with Crippen LogP contribution in [0.25, 0.3) is 0 Å². The highest BCUT2D eigenvalue weighted by molar-refractivity contribution is 7.47. The van der Waals surface area contributed by atoms with Crippen LogP contribution in [0.2, 0.25) is 0 Å². The molecule has 9 heteroatoms. The number of aliphatic hydroxyl groups is 1. The highest BCUT2D eigenvalue weighted by Gasteiger charge is 2.28. The molecule has 0 aromatic heterocycles. The van der Waals surface area contributed by atoms with Gasteiger partial charge in [-0.2, -0.15) is 0 Å². The van der Waals surface area contributed by atoms with Crippen molar-refractivity contribution in [3.8, 4) is 0 Å². The minimum absolute atomic E-state index is 0.0719. The molecule has 0 aliphatic carbocycles. The summed E-state index contributed by atoms with van der Waals surface area (Å²) in [7, 11) is 1.61. The van der Waals surface area contributed by atoms with Gasteiger partial charge in [0.25, 0.3) is 0 Å². The van der Waals surface area contributed by atoms with Gasteiger partial charge in [0.05, 0.1) is 39.9 Å². The predicted molar refractivity (Wildman–Crippen MR) is 323 cm³/mol. The Bertz CT molecular complexity index is 1300. The lowest BCUT2D eigenvalue weighted by Crippen LogP contribution is -2.46. The molecule has 1 amide bonds. The van der Waals surface area contributed by atoms with Crippen LogP contribution in [-0.4, -0.2) is 73.4 Å². The molecule has 0 radical (unpaired) electrons. The van der Waals surface area contributed by atoms with Crippen LogP contribution in [0.5, 0.6) is 0 Å². The molecule has 0 bridgehead atoms. The zero-order valence-electron chi connectivity index (χ0n) is 50.1. The smallest absolute Gasteiger partial charge is 0.391 e. The quantitative estimate of drug-likeness (QED) is 0.0243. The van der Waals surface area contributed by atoms with E-state index < -0.39 is 20.0 Å². The van der Waals surface area contributed by atoms with Crippen molar-refractivity contribution in [1.29, 1.82) is 0 Å². The number of nitrogens with one attached hydrogen (secondary N) is 1. The fourth-order valence-corrected chi connectivity index (χ4v) is 10.6. The first-order chi connectivity index (χ1) is 36.0. The van der Waals surface area contributed by atoms with Crippen LogP contribution < -0.4 is 5.32 Å². The lowest BCUT2D eigenvalue weighted by Gasteiger charge is -2.26. The molecule has 0 heterocycles. The Balaban J connectivity index is 4.02. The summed E-state index contributed by atoms with van der Waals surface area (Å²) in [5.41, 5.74) is 0. The summed E-state index contributed by atoms with van der Waals surface area (Å²) in [6.07, 6.45) is 73.8. The number of unbranched alkanes of at least 4 members (excludes halogenated alkanes) is 41. The lowest BCUT2D eigenvalue weighted by atomic mass is 10.0. The van der Waals surface area contributed by atoms with Gasteiger partial charge in [0.1, 0.15) is 13.2 Å². The summed E-state index contributed by atoms with van der Waals surface area (Å²) in [6.45, 7) is 4.89. The average Bonchev–Trinajstić information content (AvgIpc) is 3.36. The number of rotatable bonds is 60. The second-order valence-electron chi connectivity index (χ2n) is 23.5. The highest BCUT2D eigenvalue weighted by Crippen LogP contribution is 2.43. The molecule has 74 heavy (non-hydrogen) atoms. The summed E-state index contributed by atoms with van der Waals surface area (Å²) in [5, 5.41) is 14.1. The third kappa shape index (κ3) is 58.4. The number of phosphoric acid groups is 1. The molecule has 3 unspecified atom stereocenters. The van der Waals surface area contributed by atoms with Crippen LogP contribution in [0.3, 0.4) is 0 Å². The van der Waals surface area contributed by atoms with E-state index in [2.05, 4.69) is 55.6 Å². The Hall–Kier alpha value is -1.28. The van der Waals surface area contributed by atoms with E-state index in [-0.39, 0.29) is 19.1 Å². The third-order valence-corrected chi connectivity index (χ3v) is 15.9. The molecule has 0 aliphatic heterocycles. The molecule has 3 atom stereocenters. The van der Waals surface area contributed by atoms with Crippen LogP contribution >= 0.6 is 7.82 Å². The minimum Gasteiger partial charge on any atom is -0.391 e. The van der Waals surface area contributed by atoms with Gasteiger partial charge in [-0.05, 0) is 51.4 Å². The van der Waals surface area contributed by atoms with Gasteiger partial charge in [0, 0.05) is 6.42 Å². The second kappa shape index (κ2) is 56.4. The highest BCUT2D eigenvalue weighted by atomic mass is 31.2. The summed E-state index contributed by atoms with van der Waals surface area (Å²) >= 11 is 0. The first-order valence-electron chi connectivity index (χ1n) is 32.4. The SMILES string of the molecule is CCCCC/C=C\C/C=C\C/C=C\CCCCCCCCC(=O)NC(COP(=O)(O)OCC[N+](C)(C)C)C(O)CCCCCCCCCCCCCCCCCCCCCCCCCCCCCCCCCCC. The van der Waals surface area contributed by atoms with Crippen molar-refractivity contribution in [2.24, 2.45) is 0 Å². The number of carbonyl (C=O) groups excluding carboxylic acids is 1. The topological polar surface area (TPSA) is 105 Å². The van der Waals surface area contributed by atoms with Crippen molar-refractivity contribution in [3.05, 3.63) is 36.5 Å². The second-order valence-corrected chi connectivity index (χ2v) is 25.0. The number of nitrogens with zero attached hydrogens (tertiary/aromatic N) is 1. The van der Waals surface area contributed by atoms with E-state index in [9.17, 15) is 19.4 Å². The molecule has 0 spiro atoms. The maximum Gasteiger partial charge on any atom is 0.472 e. The van der Waals surface area contributed by atoms with Gasteiger partial charge in [-0.25, -0.2) is 4.57 Å². The molecule has 438 valence electrons. The first kappa shape index (κ1) is 72.7. The van der Waals surface area contributed by atoms with Gasteiger partial charge in [0.15, 0.2) is 0 Å². The lowest BCUT2D eigenvalue weighted by molar-refractivity contribution is -0.870. The maximum absolute atomic E-state index is 13.0. The van der Waals surface area contributed by atoms with Gasteiger partial charge in [-0.3, -0.25) is 13.8 Å². The zero-order chi connectivity index (χ0) is 54.2. The normalized spacial score (nSPS) is 14.0. The summed E-state index contributed by atoms with van der Waals surface area (Å²) in [5.74, 6) is -0.153. The summed E-state index contributed by atoms with van der Waals surface area (Å²) < 4.78 is 23.8. The van der Waals surface area contributed by atoms with Gasteiger partial charge >= 0.3 is 7.82 Å². The summed E-state index contributed by atoms with van der Waals surface area (Å²) in [4.78, 5) is 23.4. The van der Waals surface area contributed by atoms with Crippen molar-refractivity contribution in [3.63, 3.8) is 0 Å². The molecule has 0 rings (SSSR count). The van der Waals surface area contributed by atoms with Crippen LogP contribution in [0.1, 0.15) is 322 Å². The monoisotopic (exact) mass is 1060 g/mol. The Labute approximate surface area is 461 Å². The Kier molecular flexibility index (Phi) is 55.5. The zero-order valence-corrected chi connectivity index (χ0v) is 51.0. The largest absolute Gasteiger partial charge is 0.472 e. The third-order valence-electron chi connectivity index (χ3n) is 14.9. The van der Waals surface area contributed by atoms with Gasteiger partial charge in [-0.15, -0.1) is 0 Å². The van der Waals surface area contributed by atoms with Crippen molar-refractivity contribution < 1.29 is 32.9 Å². The molecule has 0 aromatic rings. The van der Waals surface area contributed by atoms with E-state index in [4.69, 9.17) is 9.05 Å². The molecule has 0 saturated heterocycles. The minimum atomic E-state index is -4.33. The van der Waals surface area contributed by atoms with Crippen LogP contribution in [0, 0.1) is 0 Å². The van der Waals surface area contributed by atoms with E-state index >= 15 is 0 Å². The predicted octanol–water partition coefficient (Wildman–Crippen LogP) is 20.1. The van der Waals surface area contributed by atoms with Crippen molar-refractivity contribution >= 4 is 13.7 Å². The molecule has 0 saturated carbocycles. The number of likely N-dealkylation sites (N-methyl/N-ethyl adjacent to an activating group) is 1. The van der Waals surface area contributed by atoms with Crippen LogP contribution in [0.15, 0.2) is 36.5 Å². The van der Waals surface area contributed by atoms with Crippen molar-refractivity contribution in [2.75, 3.05) is 40.9 Å². The van der Waals surface area contributed by atoms with E-state index in [1.54, 1.807) is 0 Å². The number of quaternary nitrogens is 1. The van der Waals surface area contributed by atoms with E-state index in [1.165, 1.54) is 231 Å². The molecule has 8 nitrogen and oxygen atoms in total. The Morgan fingerprint density at radius 2 is 0.770 bits per heavy atom. The maximum atomic E-state index is 13.0. The molecular weight excluding hydrogens is 936 g/mol. The number of allylic oxidation sites excluding steroid dienone is 6. The van der Waals surface area contributed by atoms with E-state index in [0.29, 0.717) is 23.9 Å². The Morgan fingerprint density at radius 3 is 1.15 bits per heavy atom. The van der Waals surface area contributed by atoms with Crippen molar-refractivity contribution in [2.45, 2.75) is 334 Å². The molecule has 0 fully saturated rings. The number of amides is 1. The molecule has 0 aliphatic rings. The molecular formula is C65H128N2O6P+. The van der Waals surface area contributed by atoms with Gasteiger partial charge in [-0.1, -0.05) is 301 Å². The number of phosphoric ester groups is 1. The molecule has 0 aromatic carbocycles. The Morgan fingerprint density at radius 1 is 0.459 bits per heavy atom. The fourth-order valence-electron chi connectivity index (χ4n) is 9.82. The summed E-state index contributed by atoms with van der Waals surface area (Å²) in [6, 6.07) is -0.769. The standard InChI is InChI=1S/C65H127N2O6P/c1-6-8-10-12-14-16-18-20-22-24-26-27-28-29-30-31-32-33-34-35-36-37-38-39-41-42-44-46-48-50-52-54-56-58-64(68)63(62-73-74(70,71)72-61-60-67(3,4)5)66-65(69)59-57-55-53-51-49-47-45-43-40-25-23-21-19-17-15-13-11-9-7-2/h15,17,21,23,40,43,63-64,68H,6-14,16,18-20,22,24-39,41-42,44-62H2,1-5H3,(H-,66,69,70,71)/p+1/b17-15-,23-21-,43-40-. The van der Waals surface area contributed by atoms with Gasteiger partial charge < -0.3 is 19.8 Å². The van der Waals surface area contributed by atoms with E-state index in [1.807, 2.05) is 21.1 Å².